The lowest BCUT2D eigenvalue weighted by Gasteiger charge is -2.08. The van der Waals surface area contributed by atoms with Gasteiger partial charge in [-0.3, -0.25) is 4.79 Å². The number of nitrogens with one attached hydrogen (secondary N) is 1. The molecule has 106 valence electrons. The number of hydrogen-bond acceptors (Lipinski definition) is 3. The fourth-order valence-electron chi connectivity index (χ4n) is 1.59. The molecule has 0 unspecified atom stereocenters. The van der Waals surface area contributed by atoms with Gasteiger partial charge in [-0.1, -0.05) is 6.07 Å². The average Bonchev–Trinajstić information content (AvgIpc) is 2.48. The monoisotopic (exact) mass is 288 g/mol. The molecule has 0 aliphatic carbocycles. The summed E-state index contributed by atoms with van der Waals surface area (Å²) in [5.41, 5.74) is 0.812. The third-order valence-electron chi connectivity index (χ3n) is 2.53. The summed E-state index contributed by atoms with van der Waals surface area (Å²) in [6.45, 7) is -0.475. The number of nitriles is 1. The highest BCUT2D eigenvalue weighted by atomic mass is 19.1. The van der Waals surface area contributed by atoms with Gasteiger partial charge >= 0.3 is 0 Å². The van der Waals surface area contributed by atoms with Crippen LogP contribution < -0.4 is 10.1 Å². The van der Waals surface area contributed by atoms with Gasteiger partial charge in [-0.2, -0.15) is 5.26 Å². The molecule has 2 aromatic rings. The molecule has 0 saturated heterocycles. The molecule has 0 aliphatic heterocycles. The van der Waals surface area contributed by atoms with E-state index in [-0.39, 0.29) is 5.75 Å². The second-order valence-electron chi connectivity index (χ2n) is 4.10. The van der Waals surface area contributed by atoms with Crippen molar-refractivity contribution < 1.29 is 18.3 Å². The van der Waals surface area contributed by atoms with Gasteiger partial charge in [0.15, 0.2) is 18.2 Å². The van der Waals surface area contributed by atoms with Crippen LogP contribution in [0.5, 0.6) is 5.75 Å². The molecule has 0 heterocycles. The first-order chi connectivity index (χ1) is 10.1. The molecule has 4 nitrogen and oxygen atoms in total. The van der Waals surface area contributed by atoms with Crippen molar-refractivity contribution in [1.82, 2.24) is 0 Å². The molecule has 0 aromatic heterocycles. The molecule has 6 heteroatoms. The van der Waals surface area contributed by atoms with E-state index in [0.717, 1.165) is 18.2 Å². The number of nitrogens with zero attached hydrogens (tertiary/aromatic N) is 1. The fourth-order valence-corrected chi connectivity index (χ4v) is 1.59. The molecule has 21 heavy (non-hydrogen) atoms. The second kappa shape index (κ2) is 6.48. The Morgan fingerprint density at radius 2 is 2.05 bits per heavy atom. The van der Waals surface area contributed by atoms with Gasteiger partial charge < -0.3 is 10.1 Å². The molecule has 1 N–H and O–H groups in total. The lowest BCUT2D eigenvalue weighted by atomic mass is 10.2. The highest BCUT2D eigenvalue weighted by molar-refractivity contribution is 5.92. The molecular weight excluding hydrogens is 278 g/mol. The lowest BCUT2D eigenvalue weighted by Crippen LogP contribution is -2.20. The van der Waals surface area contributed by atoms with Crippen LogP contribution in [0.4, 0.5) is 14.5 Å². The van der Waals surface area contributed by atoms with E-state index in [9.17, 15) is 13.6 Å². The summed E-state index contributed by atoms with van der Waals surface area (Å²) in [5, 5.41) is 11.2. The minimum atomic E-state index is -0.754. The van der Waals surface area contributed by atoms with Gasteiger partial charge in [0.25, 0.3) is 5.91 Å². The Labute approximate surface area is 119 Å². The highest BCUT2D eigenvalue weighted by Crippen LogP contribution is 2.18. The van der Waals surface area contributed by atoms with Crippen molar-refractivity contribution in [2.75, 3.05) is 11.9 Å². The minimum Gasteiger partial charge on any atom is -0.481 e. The number of rotatable bonds is 4. The molecular formula is C15H10F2N2O2. The van der Waals surface area contributed by atoms with E-state index >= 15 is 0 Å². The van der Waals surface area contributed by atoms with Crippen LogP contribution in [0.2, 0.25) is 0 Å². The van der Waals surface area contributed by atoms with Crippen molar-refractivity contribution in [2.45, 2.75) is 0 Å². The third kappa shape index (κ3) is 4.01. The van der Waals surface area contributed by atoms with E-state index in [4.69, 9.17) is 10.00 Å². The number of hydrogen-bond donors (Lipinski definition) is 1. The number of carbonyl (C=O) groups excluding carboxylic acids is 1. The molecule has 0 bridgehead atoms. The van der Waals surface area contributed by atoms with Crippen molar-refractivity contribution in [3.05, 3.63) is 59.7 Å². The van der Waals surface area contributed by atoms with Gasteiger partial charge in [0.05, 0.1) is 11.6 Å². The normalized spacial score (nSPS) is 9.76. The Morgan fingerprint density at radius 1 is 1.24 bits per heavy atom. The summed E-state index contributed by atoms with van der Waals surface area (Å²) in [4.78, 5) is 11.6. The SMILES string of the molecule is N#Cc1cccc(NC(=O)COc2cc(F)ccc2F)c1. The number of halogens is 2. The summed E-state index contributed by atoms with van der Waals surface area (Å²) in [6.07, 6.45) is 0. The van der Waals surface area contributed by atoms with Crippen molar-refractivity contribution >= 4 is 11.6 Å². The van der Waals surface area contributed by atoms with E-state index in [1.54, 1.807) is 18.2 Å². The van der Waals surface area contributed by atoms with Crippen molar-refractivity contribution in [1.29, 1.82) is 5.26 Å². The maximum absolute atomic E-state index is 13.3. The average molecular weight is 288 g/mol. The van der Waals surface area contributed by atoms with Gasteiger partial charge in [0.2, 0.25) is 0 Å². The highest BCUT2D eigenvalue weighted by Gasteiger charge is 2.08. The maximum atomic E-state index is 13.3. The van der Waals surface area contributed by atoms with Crippen LogP contribution in [0, 0.1) is 23.0 Å². The van der Waals surface area contributed by atoms with E-state index in [2.05, 4.69) is 5.32 Å². The first-order valence-electron chi connectivity index (χ1n) is 5.96. The largest absolute Gasteiger partial charge is 0.481 e. The topological polar surface area (TPSA) is 62.1 Å². The molecule has 0 saturated carbocycles. The summed E-state index contributed by atoms with van der Waals surface area (Å²) >= 11 is 0. The zero-order chi connectivity index (χ0) is 15.2. The van der Waals surface area contributed by atoms with Crippen LogP contribution in [-0.2, 0) is 4.79 Å². The molecule has 1 amide bonds. The first kappa shape index (κ1) is 14.5. The van der Waals surface area contributed by atoms with Gasteiger partial charge in [-0.05, 0) is 30.3 Å². The maximum Gasteiger partial charge on any atom is 0.262 e. The molecule has 2 rings (SSSR count). The minimum absolute atomic E-state index is 0.337. The predicted octanol–water partition coefficient (Wildman–Crippen LogP) is 2.85. The van der Waals surface area contributed by atoms with Gasteiger partial charge in [-0.15, -0.1) is 0 Å². The summed E-state index contributed by atoms with van der Waals surface area (Å²) in [6, 6.07) is 11.0. The molecule has 0 radical (unpaired) electrons. The van der Waals surface area contributed by atoms with Crippen LogP contribution >= 0.6 is 0 Å². The number of benzene rings is 2. The van der Waals surface area contributed by atoms with E-state index < -0.39 is 24.1 Å². The van der Waals surface area contributed by atoms with Crippen molar-refractivity contribution in [3.8, 4) is 11.8 Å². The Bertz CT molecular complexity index is 711. The van der Waals surface area contributed by atoms with E-state index in [0.29, 0.717) is 11.3 Å². The lowest BCUT2D eigenvalue weighted by molar-refractivity contribution is -0.118. The quantitative estimate of drug-likeness (QED) is 0.941. The zero-order valence-electron chi connectivity index (χ0n) is 10.8. The van der Waals surface area contributed by atoms with Crippen molar-refractivity contribution in [2.24, 2.45) is 0 Å². The van der Waals surface area contributed by atoms with Gasteiger partial charge in [0.1, 0.15) is 5.82 Å². The fraction of sp³-hybridized carbons (Fsp3) is 0.0667. The Kier molecular flexibility index (Phi) is 4.46. The van der Waals surface area contributed by atoms with Crippen LogP contribution in [0.1, 0.15) is 5.56 Å². The molecule has 0 spiro atoms. The van der Waals surface area contributed by atoms with Crippen LogP contribution in [0.3, 0.4) is 0 Å². The third-order valence-corrected chi connectivity index (χ3v) is 2.53. The Balaban J connectivity index is 1.96. The summed E-state index contributed by atoms with van der Waals surface area (Å²) < 4.78 is 31.1. The van der Waals surface area contributed by atoms with Crippen LogP contribution in [0.25, 0.3) is 0 Å². The smallest absolute Gasteiger partial charge is 0.262 e. The number of anilines is 1. The van der Waals surface area contributed by atoms with Gasteiger partial charge in [-0.25, -0.2) is 8.78 Å². The standard InChI is InChI=1S/C15H10F2N2O2/c16-11-4-5-13(17)14(7-11)21-9-15(20)19-12-3-1-2-10(6-12)8-18/h1-7H,9H2,(H,19,20). The summed E-state index contributed by atoms with van der Waals surface area (Å²) in [7, 11) is 0. The zero-order valence-corrected chi connectivity index (χ0v) is 10.8. The van der Waals surface area contributed by atoms with Crippen molar-refractivity contribution in [3.63, 3.8) is 0 Å². The van der Waals surface area contributed by atoms with E-state index in [1.165, 1.54) is 6.07 Å². The Morgan fingerprint density at radius 3 is 2.81 bits per heavy atom. The number of amides is 1. The van der Waals surface area contributed by atoms with Gasteiger partial charge in [0, 0.05) is 11.8 Å². The van der Waals surface area contributed by atoms with E-state index in [1.807, 2.05) is 6.07 Å². The Hall–Kier alpha value is -2.94. The molecule has 0 fully saturated rings. The number of ether oxygens (including phenoxy) is 1. The number of carbonyl (C=O) groups is 1. The van der Waals surface area contributed by atoms with Crippen LogP contribution in [-0.4, -0.2) is 12.5 Å². The van der Waals surface area contributed by atoms with Crippen LogP contribution in [0.15, 0.2) is 42.5 Å². The molecule has 0 atom stereocenters. The summed E-state index contributed by atoms with van der Waals surface area (Å²) in [5.74, 6) is -2.30. The predicted molar refractivity (Wildman–Crippen MR) is 71.6 cm³/mol. The second-order valence-corrected chi connectivity index (χ2v) is 4.10. The molecule has 2 aromatic carbocycles. The first-order valence-corrected chi connectivity index (χ1v) is 5.96. The molecule has 0 aliphatic rings.